The van der Waals surface area contributed by atoms with Crippen molar-refractivity contribution in [2.45, 2.75) is 44.1 Å². The Morgan fingerprint density at radius 1 is 1.12 bits per heavy atom. The molecule has 2 fully saturated rings. The number of ether oxygens (including phenoxy) is 1. The monoisotopic (exact) mass is 335 g/mol. The number of anilines is 1. The van der Waals surface area contributed by atoms with E-state index in [1.165, 1.54) is 12.8 Å². The average Bonchev–Trinajstić information content (AvgIpc) is 3.39. The van der Waals surface area contributed by atoms with Gasteiger partial charge in [-0.2, -0.15) is 10.2 Å². The molecule has 5 nitrogen and oxygen atoms in total. The van der Waals surface area contributed by atoms with Gasteiger partial charge in [-0.25, -0.2) is 0 Å². The van der Waals surface area contributed by atoms with Gasteiger partial charge in [-0.3, -0.25) is 4.79 Å². The predicted octanol–water partition coefficient (Wildman–Crippen LogP) is 3.04. The van der Waals surface area contributed by atoms with Crippen molar-refractivity contribution in [1.29, 1.82) is 0 Å². The van der Waals surface area contributed by atoms with Crippen LogP contribution in [-0.2, 0) is 14.9 Å². The van der Waals surface area contributed by atoms with E-state index in [0.29, 0.717) is 19.1 Å². The number of carbonyl (C=O) groups is 1. The van der Waals surface area contributed by atoms with Crippen LogP contribution in [0.2, 0.25) is 0 Å². The summed E-state index contributed by atoms with van der Waals surface area (Å²) in [5.74, 6) is 0.761. The zero-order valence-corrected chi connectivity index (χ0v) is 14.5. The third-order valence-corrected chi connectivity index (χ3v) is 5.65. The number of hydrogen-bond acceptors (Lipinski definition) is 4. The fraction of sp³-hybridized carbons (Fsp3) is 0.450. The average molecular weight is 335 g/mol. The van der Waals surface area contributed by atoms with Crippen LogP contribution in [0.3, 0.4) is 0 Å². The molecule has 1 saturated heterocycles. The maximum Gasteiger partial charge on any atom is 0.237 e. The van der Waals surface area contributed by atoms with Crippen molar-refractivity contribution in [2.24, 2.45) is 0 Å². The van der Waals surface area contributed by atoms with Crippen LogP contribution in [0, 0.1) is 0 Å². The molecule has 1 saturated carbocycles. The van der Waals surface area contributed by atoms with E-state index in [-0.39, 0.29) is 11.9 Å². The minimum Gasteiger partial charge on any atom is -0.377 e. The van der Waals surface area contributed by atoms with Crippen LogP contribution >= 0.6 is 0 Å². The van der Waals surface area contributed by atoms with Crippen LogP contribution in [0.5, 0.6) is 0 Å². The van der Waals surface area contributed by atoms with E-state index in [1.807, 2.05) is 24.8 Å². The Balaban J connectivity index is 1.55. The molecule has 0 unspecified atom stereocenters. The normalized spacial score (nSPS) is 22.0. The molecule has 0 spiro atoms. The van der Waals surface area contributed by atoms with Crippen molar-refractivity contribution in [3.63, 3.8) is 0 Å². The second kappa shape index (κ2) is 5.11. The Kier molecular flexibility index (Phi) is 3.07. The Labute approximate surface area is 147 Å². The molecule has 0 N–H and O–H groups in total. The van der Waals surface area contributed by atoms with Gasteiger partial charge >= 0.3 is 0 Å². The summed E-state index contributed by atoms with van der Waals surface area (Å²) < 4.78 is 5.32. The van der Waals surface area contributed by atoms with Gasteiger partial charge < -0.3 is 9.64 Å². The summed E-state index contributed by atoms with van der Waals surface area (Å²) in [6.45, 7) is 5.22. The fourth-order valence-electron chi connectivity index (χ4n) is 3.77. The van der Waals surface area contributed by atoms with Crippen molar-refractivity contribution in [2.75, 3.05) is 18.1 Å². The van der Waals surface area contributed by atoms with Crippen LogP contribution in [0.15, 0.2) is 30.3 Å². The van der Waals surface area contributed by atoms with Gasteiger partial charge in [0.25, 0.3) is 0 Å². The largest absolute Gasteiger partial charge is 0.377 e. The number of amides is 1. The smallest absolute Gasteiger partial charge is 0.237 e. The minimum absolute atomic E-state index is 0.145. The van der Waals surface area contributed by atoms with E-state index in [4.69, 9.17) is 4.74 Å². The highest BCUT2D eigenvalue weighted by Gasteiger charge is 2.48. The van der Waals surface area contributed by atoms with Crippen molar-refractivity contribution < 1.29 is 9.53 Å². The molecule has 0 bridgehead atoms. The van der Waals surface area contributed by atoms with Crippen LogP contribution in [0.25, 0.3) is 11.3 Å². The maximum atomic E-state index is 12.9. The predicted molar refractivity (Wildman–Crippen MR) is 94.6 cm³/mol. The first-order valence-electron chi connectivity index (χ1n) is 8.95. The van der Waals surface area contributed by atoms with Crippen molar-refractivity contribution in [1.82, 2.24) is 10.2 Å². The number of nitrogens with zero attached hydrogens (tertiary/aromatic N) is 3. The Morgan fingerprint density at radius 3 is 2.52 bits per heavy atom. The van der Waals surface area contributed by atoms with Gasteiger partial charge in [-0.1, -0.05) is 12.1 Å². The van der Waals surface area contributed by atoms with E-state index in [2.05, 4.69) is 34.5 Å². The fourth-order valence-corrected chi connectivity index (χ4v) is 3.77. The molecule has 2 aliphatic heterocycles. The van der Waals surface area contributed by atoms with Gasteiger partial charge in [-0.15, -0.1) is 0 Å². The summed E-state index contributed by atoms with van der Waals surface area (Å²) in [7, 11) is 0. The van der Waals surface area contributed by atoms with Crippen LogP contribution < -0.4 is 4.90 Å². The van der Waals surface area contributed by atoms with Gasteiger partial charge in [-0.05, 0) is 50.5 Å². The number of aromatic nitrogens is 2. The Morgan fingerprint density at radius 2 is 1.92 bits per heavy atom. The number of rotatable bonds is 3. The summed E-state index contributed by atoms with van der Waals surface area (Å²) >= 11 is 0. The Bertz CT molecular complexity index is 852. The zero-order chi connectivity index (χ0) is 17.2. The molecule has 1 amide bonds. The van der Waals surface area contributed by atoms with Crippen LogP contribution in [-0.4, -0.2) is 35.4 Å². The van der Waals surface area contributed by atoms with Gasteiger partial charge in [0, 0.05) is 17.2 Å². The summed E-state index contributed by atoms with van der Waals surface area (Å²) in [6, 6.07) is 10.5. The van der Waals surface area contributed by atoms with Gasteiger partial charge in [0.2, 0.25) is 5.91 Å². The molecule has 2 aromatic rings. The van der Waals surface area contributed by atoms with E-state index >= 15 is 0 Å². The van der Waals surface area contributed by atoms with E-state index in [0.717, 1.165) is 28.2 Å². The van der Waals surface area contributed by atoms with Crippen molar-refractivity contribution in [3.8, 4) is 11.3 Å². The number of carbonyl (C=O) groups excluding carboxylic acids is 1. The summed E-state index contributed by atoms with van der Waals surface area (Å²) in [6.07, 6.45) is 2.45. The quantitative estimate of drug-likeness (QED) is 0.865. The number of hydrogen-bond donors (Lipinski definition) is 0. The maximum absolute atomic E-state index is 12.9. The molecule has 25 heavy (non-hydrogen) atoms. The van der Waals surface area contributed by atoms with Gasteiger partial charge in [0.15, 0.2) is 0 Å². The third-order valence-electron chi connectivity index (χ3n) is 5.65. The molecule has 1 aromatic carbocycles. The standard InChI is InChI=1S/C20H21N3O2/c1-20(2)15-6-5-13(17-8-7-16(21-22-17)12-3-4-12)9-18(15)23(19(20)24)14-10-25-11-14/h5-9,12,14H,3-4,10-11H2,1-2H3. The lowest BCUT2D eigenvalue weighted by Gasteiger charge is -2.35. The molecule has 5 heteroatoms. The number of benzene rings is 1. The molecule has 0 atom stereocenters. The summed E-state index contributed by atoms with van der Waals surface area (Å²) in [5, 5.41) is 8.80. The highest BCUT2D eigenvalue weighted by atomic mass is 16.5. The molecular formula is C20H21N3O2. The molecule has 128 valence electrons. The lowest BCUT2D eigenvalue weighted by molar-refractivity contribution is -0.124. The topological polar surface area (TPSA) is 55.3 Å². The first-order valence-corrected chi connectivity index (χ1v) is 8.95. The van der Waals surface area contributed by atoms with Gasteiger partial charge in [0.05, 0.1) is 36.1 Å². The van der Waals surface area contributed by atoms with Crippen LogP contribution in [0.4, 0.5) is 5.69 Å². The molecule has 0 radical (unpaired) electrons. The molecule has 3 aliphatic rings. The second-order valence-corrected chi connectivity index (χ2v) is 7.84. The van der Waals surface area contributed by atoms with Crippen LogP contribution in [0.1, 0.15) is 43.9 Å². The van der Waals surface area contributed by atoms with Crippen molar-refractivity contribution in [3.05, 3.63) is 41.6 Å². The first-order chi connectivity index (χ1) is 12.1. The molecule has 1 aliphatic carbocycles. The summed E-state index contributed by atoms with van der Waals surface area (Å²) in [4.78, 5) is 14.9. The van der Waals surface area contributed by atoms with E-state index in [1.54, 1.807) is 0 Å². The lowest BCUT2D eigenvalue weighted by atomic mass is 9.85. The van der Waals surface area contributed by atoms with E-state index < -0.39 is 5.41 Å². The van der Waals surface area contributed by atoms with E-state index in [9.17, 15) is 4.79 Å². The van der Waals surface area contributed by atoms with Crippen molar-refractivity contribution >= 4 is 11.6 Å². The lowest BCUT2D eigenvalue weighted by Crippen LogP contribution is -2.52. The minimum atomic E-state index is -0.495. The summed E-state index contributed by atoms with van der Waals surface area (Å²) in [5.41, 5.74) is 4.53. The molecule has 5 rings (SSSR count). The first kappa shape index (κ1) is 15.0. The Hall–Kier alpha value is -2.27. The molecular weight excluding hydrogens is 314 g/mol. The zero-order valence-electron chi connectivity index (χ0n) is 14.5. The SMILES string of the molecule is CC1(C)C(=O)N(C2COC2)c2cc(-c3ccc(C4CC4)nn3)ccc21. The number of fused-ring (bicyclic) bond motifs is 1. The van der Waals surface area contributed by atoms with Gasteiger partial charge in [0.1, 0.15) is 0 Å². The highest BCUT2D eigenvalue weighted by molar-refractivity contribution is 6.08. The second-order valence-electron chi connectivity index (χ2n) is 7.84. The highest BCUT2D eigenvalue weighted by Crippen LogP contribution is 2.45. The molecule has 1 aromatic heterocycles. The third kappa shape index (κ3) is 2.22. The molecule has 3 heterocycles.